The van der Waals surface area contributed by atoms with E-state index in [1.807, 2.05) is 35.7 Å². The number of Topliss-reactive ketones (excluding diaryl/α,β-unsaturated/α-hetero) is 1. The van der Waals surface area contributed by atoms with E-state index in [-0.39, 0.29) is 11.8 Å². The van der Waals surface area contributed by atoms with Gasteiger partial charge in [0.05, 0.1) is 30.9 Å². The van der Waals surface area contributed by atoms with Crippen molar-refractivity contribution in [3.05, 3.63) is 46.3 Å². The van der Waals surface area contributed by atoms with Crippen LogP contribution in [0.4, 0.5) is 0 Å². The van der Waals surface area contributed by atoms with Crippen LogP contribution in [0, 0.1) is 0 Å². The van der Waals surface area contributed by atoms with Gasteiger partial charge < -0.3 is 9.47 Å². The van der Waals surface area contributed by atoms with E-state index in [0.717, 1.165) is 17.1 Å². The third-order valence-corrected chi connectivity index (χ3v) is 4.83. The summed E-state index contributed by atoms with van der Waals surface area (Å²) in [6.07, 6.45) is 0.477. The highest BCUT2D eigenvalue weighted by molar-refractivity contribution is 7.12. The lowest BCUT2D eigenvalue weighted by Gasteiger charge is -2.35. The first kappa shape index (κ1) is 16.1. The number of carbonyl (C=O) groups is 1. The molecule has 0 spiro atoms. The van der Waals surface area contributed by atoms with Crippen LogP contribution in [-0.2, 0) is 11.3 Å². The zero-order valence-electron chi connectivity index (χ0n) is 13.1. The molecule has 1 fully saturated rings. The second kappa shape index (κ2) is 7.68. The van der Waals surface area contributed by atoms with Crippen LogP contribution in [0.15, 0.2) is 35.7 Å². The fourth-order valence-corrected chi connectivity index (χ4v) is 3.38. The van der Waals surface area contributed by atoms with E-state index in [1.165, 1.54) is 11.3 Å². The molecule has 1 saturated heterocycles. The summed E-state index contributed by atoms with van der Waals surface area (Å²) in [6, 6.07) is 9.63. The molecule has 6 heteroatoms. The highest BCUT2D eigenvalue weighted by Gasteiger charge is 2.26. The van der Waals surface area contributed by atoms with Gasteiger partial charge in [0.25, 0.3) is 0 Å². The molecule has 3 heterocycles. The minimum absolute atomic E-state index is 0.0892. The molecular weight excluding hydrogens is 312 g/mol. The molecule has 2 aromatic heterocycles. The van der Waals surface area contributed by atoms with Crippen LogP contribution in [-0.4, -0.2) is 48.6 Å². The van der Waals surface area contributed by atoms with Crippen molar-refractivity contribution in [3.8, 4) is 5.88 Å². The largest absolute Gasteiger partial charge is 0.481 e. The number of ketones is 1. The monoisotopic (exact) mass is 332 g/mol. The maximum absolute atomic E-state index is 12.4. The average molecular weight is 332 g/mol. The minimum atomic E-state index is 0.0892. The second-order valence-electron chi connectivity index (χ2n) is 5.48. The molecule has 23 heavy (non-hydrogen) atoms. The van der Waals surface area contributed by atoms with Gasteiger partial charge in [-0.15, -0.1) is 11.3 Å². The number of hydrogen-bond acceptors (Lipinski definition) is 6. The number of methoxy groups -OCH3 is 1. The van der Waals surface area contributed by atoms with Gasteiger partial charge in [-0.25, -0.2) is 4.98 Å². The van der Waals surface area contributed by atoms with E-state index < -0.39 is 0 Å². The van der Waals surface area contributed by atoms with Gasteiger partial charge in [-0.1, -0.05) is 12.1 Å². The summed E-state index contributed by atoms with van der Waals surface area (Å²) < 4.78 is 10.8. The Morgan fingerprint density at radius 3 is 3.13 bits per heavy atom. The van der Waals surface area contributed by atoms with E-state index in [4.69, 9.17) is 9.47 Å². The Balaban J connectivity index is 1.67. The van der Waals surface area contributed by atoms with Crippen molar-refractivity contribution in [2.24, 2.45) is 0 Å². The minimum Gasteiger partial charge on any atom is -0.481 e. The predicted molar refractivity (Wildman–Crippen MR) is 89.1 cm³/mol. The Hall–Kier alpha value is -1.76. The Bertz CT molecular complexity index is 645. The van der Waals surface area contributed by atoms with Crippen LogP contribution in [0.5, 0.6) is 5.88 Å². The molecule has 0 aliphatic carbocycles. The SMILES string of the molecule is COc1cccc(CN2CCOCC2CC(=O)c2cccs2)n1. The lowest BCUT2D eigenvalue weighted by molar-refractivity contribution is -0.0131. The maximum atomic E-state index is 12.4. The molecule has 0 aromatic carbocycles. The maximum Gasteiger partial charge on any atom is 0.213 e. The molecule has 1 unspecified atom stereocenters. The first-order valence-electron chi connectivity index (χ1n) is 7.64. The van der Waals surface area contributed by atoms with E-state index in [0.29, 0.717) is 32.1 Å². The van der Waals surface area contributed by atoms with Gasteiger partial charge in [0, 0.05) is 31.6 Å². The highest BCUT2D eigenvalue weighted by atomic mass is 32.1. The Morgan fingerprint density at radius 2 is 2.35 bits per heavy atom. The predicted octanol–water partition coefficient (Wildman–Crippen LogP) is 2.63. The number of rotatable bonds is 6. The third kappa shape index (κ3) is 4.16. The van der Waals surface area contributed by atoms with Gasteiger partial charge in [0.2, 0.25) is 5.88 Å². The van der Waals surface area contributed by atoms with Crippen molar-refractivity contribution >= 4 is 17.1 Å². The summed E-state index contributed by atoms with van der Waals surface area (Å²) in [5.74, 6) is 0.793. The zero-order chi connectivity index (χ0) is 16.1. The second-order valence-corrected chi connectivity index (χ2v) is 6.42. The van der Waals surface area contributed by atoms with E-state index >= 15 is 0 Å². The van der Waals surface area contributed by atoms with Crippen LogP contribution in [0.1, 0.15) is 21.8 Å². The van der Waals surface area contributed by atoms with E-state index in [9.17, 15) is 4.79 Å². The van der Waals surface area contributed by atoms with Gasteiger partial charge in [0.15, 0.2) is 5.78 Å². The number of hydrogen-bond donors (Lipinski definition) is 0. The van der Waals surface area contributed by atoms with Crippen LogP contribution < -0.4 is 4.74 Å². The highest BCUT2D eigenvalue weighted by Crippen LogP contribution is 2.19. The van der Waals surface area contributed by atoms with Gasteiger partial charge in [0.1, 0.15) is 0 Å². The van der Waals surface area contributed by atoms with Crippen LogP contribution in [0.2, 0.25) is 0 Å². The number of morpholine rings is 1. The molecule has 1 aliphatic rings. The first-order chi connectivity index (χ1) is 11.3. The summed E-state index contributed by atoms with van der Waals surface area (Å²) in [5.41, 5.74) is 0.944. The van der Waals surface area contributed by atoms with E-state index in [1.54, 1.807) is 7.11 Å². The van der Waals surface area contributed by atoms with Crippen molar-refractivity contribution in [2.45, 2.75) is 19.0 Å². The number of aromatic nitrogens is 1. The first-order valence-corrected chi connectivity index (χ1v) is 8.52. The molecular formula is C17H20N2O3S. The number of carbonyl (C=O) groups excluding carboxylic acids is 1. The average Bonchev–Trinajstić information content (AvgIpc) is 3.11. The van der Waals surface area contributed by atoms with E-state index in [2.05, 4.69) is 9.88 Å². The zero-order valence-corrected chi connectivity index (χ0v) is 13.9. The molecule has 0 amide bonds. The molecule has 3 rings (SSSR count). The lowest BCUT2D eigenvalue weighted by Crippen LogP contribution is -2.46. The van der Waals surface area contributed by atoms with Gasteiger partial charge in [-0.3, -0.25) is 9.69 Å². The summed E-state index contributed by atoms with van der Waals surface area (Å²) in [6.45, 7) is 2.78. The van der Waals surface area contributed by atoms with Crippen molar-refractivity contribution < 1.29 is 14.3 Å². The molecule has 122 valence electrons. The molecule has 0 saturated carbocycles. The fourth-order valence-electron chi connectivity index (χ4n) is 2.70. The van der Waals surface area contributed by atoms with Crippen molar-refractivity contribution in [1.82, 2.24) is 9.88 Å². The number of nitrogens with zero attached hydrogens (tertiary/aromatic N) is 2. The molecule has 1 aliphatic heterocycles. The quantitative estimate of drug-likeness (QED) is 0.761. The normalized spacial score (nSPS) is 18.7. The van der Waals surface area contributed by atoms with Crippen molar-refractivity contribution in [1.29, 1.82) is 0 Å². The molecule has 0 radical (unpaired) electrons. The number of ether oxygens (including phenoxy) is 2. The van der Waals surface area contributed by atoms with Gasteiger partial charge in [-0.05, 0) is 17.5 Å². The smallest absolute Gasteiger partial charge is 0.213 e. The third-order valence-electron chi connectivity index (χ3n) is 3.92. The standard InChI is InChI=1S/C17H20N2O3S/c1-21-17-6-2-4-13(18-17)11-19-7-8-22-12-14(19)10-15(20)16-5-3-9-23-16/h2-6,9,14H,7-8,10-12H2,1H3. The Kier molecular flexibility index (Phi) is 5.38. The summed E-state index contributed by atoms with van der Waals surface area (Å²) in [4.78, 5) is 19.9. The Morgan fingerprint density at radius 1 is 1.43 bits per heavy atom. The van der Waals surface area contributed by atoms with Crippen molar-refractivity contribution in [3.63, 3.8) is 0 Å². The summed E-state index contributed by atoms with van der Waals surface area (Å²) in [5, 5.41) is 1.93. The molecule has 2 aromatic rings. The molecule has 1 atom stereocenters. The van der Waals surface area contributed by atoms with Crippen molar-refractivity contribution in [2.75, 3.05) is 26.9 Å². The number of pyridine rings is 1. The van der Waals surface area contributed by atoms with Crippen LogP contribution in [0.25, 0.3) is 0 Å². The summed E-state index contributed by atoms with van der Waals surface area (Å²) in [7, 11) is 1.61. The molecule has 0 N–H and O–H groups in total. The number of thiophene rings is 1. The van der Waals surface area contributed by atoms with Gasteiger partial charge in [-0.2, -0.15) is 0 Å². The van der Waals surface area contributed by atoms with Gasteiger partial charge >= 0.3 is 0 Å². The fraction of sp³-hybridized carbons (Fsp3) is 0.412. The summed E-state index contributed by atoms with van der Waals surface area (Å²) >= 11 is 1.49. The molecule has 5 nitrogen and oxygen atoms in total. The lowest BCUT2D eigenvalue weighted by atomic mass is 10.1. The van der Waals surface area contributed by atoms with Crippen LogP contribution >= 0.6 is 11.3 Å². The Labute approximate surface area is 139 Å². The topological polar surface area (TPSA) is 51.7 Å². The van der Waals surface area contributed by atoms with Crippen LogP contribution in [0.3, 0.4) is 0 Å². The molecule has 0 bridgehead atoms.